The predicted molar refractivity (Wildman–Crippen MR) is 69.1 cm³/mol. The van der Waals surface area contributed by atoms with E-state index < -0.39 is 10.5 Å². The van der Waals surface area contributed by atoms with Crippen molar-refractivity contribution in [3.8, 4) is 22.6 Å². The molecule has 0 unspecified atom stereocenters. The first kappa shape index (κ1) is 13.4. The minimum atomic E-state index is -4.98. The van der Waals surface area contributed by atoms with Gasteiger partial charge >= 0.3 is 10.5 Å². The van der Waals surface area contributed by atoms with E-state index in [0.717, 1.165) is 16.9 Å². The summed E-state index contributed by atoms with van der Waals surface area (Å²) >= 11 is 0. The average molecular weight is 282 g/mol. The molecular weight excluding hydrogens is 271 g/mol. The molecular formula is C13H11FO4S. The number of benzene rings is 2. The minimum absolute atomic E-state index is 0.0697. The third kappa shape index (κ3) is 3.69. The van der Waals surface area contributed by atoms with Crippen molar-refractivity contribution in [2.75, 3.05) is 7.11 Å². The number of methoxy groups -OCH3 is 1. The molecule has 0 N–H and O–H groups in total. The maximum atomic E-state index is 12.3. The first-order valence-corrected chi connectivity index (χ1v) is 6.67. The Morgan fingerprint density at radius 3 is 1.63 bits per heavy atom. The molecule has 6 heteroatoms. The molecule has 0 saturated carbocycles. The number of rotatable bonds is 4. The highest BCUT2D eigenvalue weighted by molar-refractivity contribution is 7.81. The molecule has 19 heavy (non-hydrogen) atoms. The van der Waals surface area contributed by atoms with Crippen molar-refractivity contribution in [1.29, 1.82) is 0 Å². The van der Waals surface area contributed by atoms with Gasteiger partial charge in [-0.05, 0) is 35.4 Å². The Kier molecular flexibility index (Phi) is 3.71. The molecule has 0 aliphatic carbocycles. The van der Waals surface area contributed by atoms with Crippen molar-refractivity contribution in [2.45, 2.75) is 0 Å². The zero-order chi connectivity index (χ0) is 13.9. The van der Waals surface area contributed by atoms with Crippen molar-refractivity contribution in [2.24, 2.45) is 0 Å². The molecule has 0 aliphatic heterocycles. The van der Waals surface area contributed by atoms with Crippen molar-refractivity contribution in [3.63, 3.8) is 0 Å². The van der Waals surface area contributed by atoms with Crippen LogP contribution in [-0.2, 0) is 10.5 Å². The topological polar surface area (TPSA) is 52.6 Å². The SMILES string of the molecule is COc1ccc(-c2ccc(OS(=O)(=O)F)cc2)cc1. The zero-order valence-electron chi connectivity index (χ0n) is 10.0. The fourth-order valence-corrected chi connectivity index (χ4v) is 1.94. The Bertz CT molecular complexity index is 648. The second kappa shape index (κ2) is 5.27. The smallest absolute Gasteiger partial charge is 0.488 e. The van der Waals surface area contributed by atoms with Crippen LogP contribution in [0.4, 0.5) is 3.89 Å². The Labute approximate surface area is 110 Å². The van der Waals surface area contributed by atoms with Gasteiger partial charge in [-0.3, -0.25) is 0 Å². The molecule has 0 aromatic heterocycles. The van der Waals surface area contributed by atoms with Gasteiger partial charge in [-0.2, -0.15) is 8.42 Å². The quantitative estimate of drug-likeness (QED) is 0.809. The molecule has 0 bridgehead atoms. The highest BCUT2D eigenvalue weighted by atomic mass is 32.3. The van der Waals surface area contributed by atoms with Crippen molar-refractivity contribution in [1.82, 2.24) is 0 Å². The molecule has 0 radical (unpaired) electrons. The monoisotopic (exact) mass is 282 g/mol. The molecule has 2 rings (SSSR count). The van der Waals surface area contributed by atoms with E-state index in [1.54, 1.807) is 19.2 Å². The van der Waals surface area contributed by atoms with Gasteiger partial charge < -0.3 is 8.92 Å². The molecule has 0 saturated heterocycles. The van der Waals surface area contributed by atoms with Gasteiger partial charge in [-0.15, -0.1) is 0 Å². The van der Waals surface area contributed by atoms with E-state index in [0.29, 0.717) is 0 Å². The van der Waals surface area contributed by atoms with Gasteiger partial charge in [0.05, 0.1) is 7.11 Å². The van der Waals surface area contributed by atoms with Gasteiger partial charge in [0, 0.05) is 0 Å². The van der Waals surface area contributed by atoms with E-state index in [1.807, 2.05) is 24.3 Å². The molecule has 0 heterocycles. The van der Waals surface area contributed by atoms with Gasteiger partial charge in [-0.25, -0.2) is 0 Å². The van der Waals surface area contributed by atoms with E-state index >= 15 is 0 Å². The molecule has 0 fully saturated rings. The Morgan fingerprint density at radius 1 is 0.842 bits per heavy atom. The molecule has 0 spiro atoms. The van der Waals surface area contributed by atoms with Crippen molar-refractivity contribution >= 4 is 10.5 Å². The maximum Gasteiger partial charge on any atom is 0.488 e. The van der Waals surface area contributed by atoms with Crippen molar-refractivity contribution in [3.05, 3.63) is 48.5 Å². The number of hydrogen-bond donors (Lipinski definition) is 0. The van der Waals surface area contributed by atoms with Crippen LogP contribution in [0.3, 0.4) is 0 Å². The van der Waals surface area contributed by atoms with Gasteiger partial charge in [0.1, 0.15) is 11.5 Å². The van der Waals surface area contributed by atoms with Crippen LogP contribution in [0.2, 0.25) is 0 Å². The van der Waals surface area contributed by atoms with E-state index in [9.17, 15) is 12.3 Å². The highest BCUT2D eigenvalue weighted by Gasteiger charge is 2.09. The van der Waals surface area contributed by atoms with Crippen LogP contribution in [-0.4, -0.2) is 15.5 Å². The average Bonchev–Trinajstić information content (AvgIpc) is 2.38. The van der Waals surface area contributed by atoms with Gasteiger partial charge in [0.15, 0.2) is 0 Å². The maximum absolute atomic E-state index is 12.3. The summed E-state index contributed by atoms with van der Waals surface area (Å²) < 4.78 is 42.1. The molecule has 0 aliphatic rings. The van der Waals surface area contributed by atoms with E-state index in [-0.39, 0.29) is 5.75 Å². The second-order valence-electron chi connectivity index (χ2n) is 3.73. The largest absolute Gasteiger partial charge is 0.497 e. The first-order chi connectivity index (χ1) is 8.98. The predicted octanol–water partition coefficient (Wildman–Crippen LogP) is 2.96. The summed E-state index contributed by atoms with van der Waals surface area (Å²) in [7, 11) is -3.40. The van der Waals surface area contributed by atoms with Crippen molar-refractivity contribution < 1.29 is 21.2 Å². The summed E-state index contributed by atoms with van der Waals surface area (Å²) in [6, 6.07) is 13.4. The van der Waals surface area contributed by atoms with Gasteiger partial charge in [0.2, 0.25) is 0 Å². The number of halogens is 1. The Hall–Kier alpha value is -2.08. The molecule has 100 valence electrons. The van der Waals surface area contributed by atoms with Crippen LogP contribution in [0.25, 0.3) is 11.1 Å². The van der Waals surface area contributed by atoms with Crippen LogP contribution >= 0.6 is 0 Å². The van der Waals surface area contributed by atoms with E-state index in [2.05, 4.69) is 4.18 Å². The van der Waals surface area contributed by atoms with Gasteiger partial charge in [0.25, 0.3) is 0 Å². The minimum Gasteiger partial charge on any atom is -0.497 e. The summed E-state index contributed by atoms with van der Waals surface area (Å²) in [4.78, 5) is 0. The van der Waals surface area contributed by atoms with Gasteiger partial charge in [-0.1, -0.05) is 28.2 Å². The van der Waals surface area contributed by atoms with Crippen LogP contribution in [0.15, 0.2) is 48.5 Å². The second-order valence-corrected chi connectivity index (χ2v) is 4.68. The molecule has 0 atom stereocenters. The number of hydrogen-bond acceptors (Lipinski definition) is 4. The normalized spacial score (nSPS) is 11.1. The third-order valence-electron chi connectivity index (χ3n) is 2.47. The zero-order valence-corrected chi connectivity index (χ0v) is 10.9. The van der Waals surface area contributed by atoms with Crippen LogP contribution < -0.4 is 8.92 Å². The molecule has 2 aromatic rings. The lowest BCUT2D eigenvalue weighted by atomic mass is 10.1. The summed E-state index contributed by atoms with van der Waals surface area (Å²) in [6.45, 7) is 0. The highest BCUT2D eigenvalue weighted by Crippen LogP contribution is 2.25. The molecule has 4 nitrogen and oxygen atoms in total. The Balaban J connectivity index is 2.22. The van der Waals surface area contributed by atoms with Crippen LogP contribution in [0.5, 0.6) is 11.5 Å². The lowest BCUT2D eigenvalue weighted by Gasteiger charge is -2.05. The molecule has 2 aromatic carbocycles. The van der Waals surface area contributed by atoms with E-state index in [4.69, 9.17) is 4.74 Å². The van der Waals surface area contributed by atoms with Crippen LogP contribution in [0.1, 0.15) is 0 Å². The standard InChI is InChI=1S/C13H11FO4S/c1-17-12-6-2-10(3-7-12)11-4-8-13(9-5-11)18-19(14,15)16/h2-9H,1H3. The summed E-state index contributed by atoms with van der Waals surface area (Å²) in [6.07, 6.45) is 0. The fourth-order valence-electron chi connectivity index (χ4n) is 1.60. The summed E-state index contributed by atoms with van der Waals surface area (Å²) in [5, 5.41) is 0. The number of ether oxygens (including phenoxy) is 1. The fraction of sp³-hybridized carbons (Fsp3) is 0.0769. The van der Waals surface area contributed by atoms with Crippen LogP contribution in [0, 0.1) is 0 Å². The Morgan fingerprint density at radius 2 is 1.26 bits per heavy atom. The van der Waals surface area contributed by atoms with E-state index in [1.165, 1.54) is 12.1 Å². The first-order valence-electron chi connectivity index (χ1n) is 5.36. The lowest BCUT2D eigenvalue weighted by Crippen LogP contribution is -2.00. The third-order valence-corrected chi connectivity index (χ3v) is 2.86. The summed E-state index contributed by atoms with van der Waals surface area (Å²) in [5.41, 5.74) is 1.78. The molecule has 0 amide bonds. The summed E-state index contributed by atoms with van der Waals surface area (Å²) in [5.74, 6) is 0.673. The lowest BCUT2D eigenvalue weighted by molar-refractivity contribution is 0.415.